The van der Waals surface area contributed by atoms with E-state index in [-0.39, 0.29) is 30.8 Å². The van der Waals surface area contributed by atoms with E-state index >= 15 is 0 Å². The minimum atomic E-state index is -4.20. The van der Waals surface area contributed by atoms with Gasteiger partial charge in [-0.2, -0.15) is 13.2 Å². The lowest BCUT2D eigenvalue weighted by molar-refractivity contribution is -0.189. The van der Waals surface area contributed by atoms with E-state index in [0.717, 1.165) is 19.3 Å². The molecule has 0 aromatic rings. The molecule has 0 radical (unpaired) electrons. The molecule has 0 spiro atoms. The van der Waals surface area contributed by atoms with Crippen molar-refractivity contribution >= 4 is 5.91 Å². The molecule has 2 N–H and O–H groups in total. The number of nitrogens with two attached hydrogens (primary N) is 1. The monoisotopic (exact) mass is 290 g/mol. The highest BCUT2D eigenvalue weighted by Gasteiger charge is 2.51. The Morgan fingerprint density at radius 2 is 1.85 bits per heavy atom. The van der Waals surface area contributed by atoms with Crippen molar-refractivity contribution in [3.8, 4) is 0 Å². The summed E-state index contributed by atoms with van der Waals surface area (Å²) in [5.74, 6) is -1.03. The van der Waals surface area contributed by atoms with E-state index in [1.165, 1.54) is 4.90 Å². The van der Waals surface area contributed by atoms with Gasteiger partial charge in [-0.15, -0.1) is 0 Å². The number of fused-ring (bicyclic) bond motifs is 2. The molecule has 3 rings (SSSR count). The zero-order valence-electron chi connectivity index (χ0n) is 11.4. The first-order valence-electron chi connectivity index (χ1n) is 7.49. The standard InChI is InChI=1S/C14H21F3N2O/c15-14(16,17)10-2-1-5-19(7-10)13(20)11-8-3-4-9(6-8)12(11)18/h8-12H,1-7,18H2. The molecular formula is C14H21F3N2O. The molecule has 3 aliphatic rings. The number of rotatable bonds is 1. The molecule has 1 aliphatic heterocycles. The van der Waals surface area contributed by atoms with Crippen LogP contribution in [0.4, 0.5) is 13.2 Å². The smallest absolute Gasteiger partial charge is 0.342 e. The van der Waals surface area contributed by atoms with E-state index in [1.807, 2.05) is 0 Å². The summed E-state index contributed by atoms with van der Waals surface area (Å²) in [7, 11) is 0. The van der Waals surface area contributed by atoms with E-state index < -0.39 is 12.1 Å². The Morgan fingerprint density at radius 1 is 1.15 bits per heavy atom. The van der Waals surface area contributed by atoms with Crippen LogP contribution in [0.2, 0.25) is 0 Å². The van der Waals surface area contributed by atoms with Crippen LogP contribution in [0.1, 0.15) is 32.1 Å². The number of alkyl halides is 3. The predicted octanol–water partition coefficient (Wildman–Crippen LogP) is 2.16. The highest BCUT2D eigenvalue weighted by Crippen LogP contribution is 2.48. The van der Waals surface area contributed by atoms with Gasteiger partial charge < -0.3 is 10.6 Å². The molecule has 3 nitrogen and oxygen atoms in total. The SMILES string of the molecule is NC1C2CCC(C2)C1C(=O)N1CCCC(C(F)(F)F)C1. The van der Waals surface area contributed by atoms with Crippen molar-refractivity contribution in [1.29, 1.82) is 0 Å². The Bertz CT molecular complexity index is 396. The van der Waals surface area contributed by atoms with Crippen LogP contribution in [0.5, 0.6) is 0 Å². The van der Waals surface area contributed by atoms with E-state index in [9.17, 15) is 18.0 Å². The van der Waals surface area contributed by atoms with E-state index in [2.05, 4.69) is 0 Å². The maximum absolute atomic E-state index is 12.8. The second kappa shape index (κ2) is 4.90. The maximum atomic E-state index is 12.8. The van der Waals surface area contributed by atoms with Gasteiger partial charge in [-0.1, -0.05) is 0 Å². The van der Waals surface area contributed by atoms with Crippen molar-refractivity contribution < 1.29 is 18.0 Å². The molecule has 3 fully saturated rings. The van der Waals surface area contributed by atoms with Crippen molar-refractivity contribution in [3.63, 3.8) is 0 Å². The van der Waals surface area contributed by atoms with E-state index in [1.54, 1.807) is 0 Å². The normalized spacial score (nSPS) is 41.2. The summed E-state index contributed by atoms with van der Waals surface area (Å²) < 4.78 is 38.5. The van der Waals surface area contributed by atoms with Crippen LogP contribution in [0.3, 0.4) is 0 Å². The number of hydrogen-bond acceptors (Lipinski definition) is 2. The predicted molar refractivity (Wildman–Crippen MR) is 67.7 cm³/mol. The molecule has 114 valence electrons. The van der Waals surface area contributed by atoms with Gasteiger partial charge in [0.2, 0.25) is 5.91 Å². The molecule has 0 aromatic heterocycles. The number of nitrogens with zero attached hydrogens (tertiary/aromatic N) is 1. The van der Waals surface area contributed by atoms with Crippen LogP contribution in [0.25, 0.3) is 0 Å². The van der Waals surface area contributed by atoms with Crippen LogP contribution in [-0.2, 0) is 4.79 Å². The Morgan fingerprint density at radius 3 is 2.45 bits per heavy atom. The maximum Gasteiger partial charge on any atom is 0.393 e. The average Bonchev–Trinajstić information content (AvgIpc) is 2.98. The highest BCUT2D eigenvalue weighted by atomic mass is 19.4. The fourth-order valence-electron chi connectivity index (χ4n) is 4.36. The summed E-state index contributed by atoms with van der Waals surface area (Å²) in [5, 5.41) is 0. The molecule has 2 saturated carbocycles. The molecule has 1 heterocycles. The van der Waals surface area contributed by atoms with Crippen LogP contribution >= 0.6 is 0 Å². The summed E-state index contributed by atoms with van der Waals surface area (Å²) >= 11 is 0. The summed E-state index contributed by atoms with van der Waals surface area (Å²) in [5.41, 5.74) is 6.12. The van der Waals surface area contributed by atoms with Crippen LogP contribution in [0.15, 0.2) is 0 Å². The van der Waals surface area contributed by atoms with Gasteiger partial charge >= 0.3 is 6.18 Å². The lowest BCUT2D eigenvalue weighted by atomic mass is 9.83. The molecule has 20 heavy (non-hydrogen) atoms. The average molecular weight is 290 g/mol. The number of carbonyl (C=O) groups is 1. The number of halogens is 3. The van der Waals surface area contributed by atoms with Gasteiger partial charge in [-0.3, -0.25) is 4.79 Å². The Kier molecular flexibility index (Phi) is 3.47. The molecule has 2 bridgehead atoms. The first-order valence-corrected chi connectivity index (χ1v) is 7.49. The quantitative estimate of drug-likeness (QED) is 0.804. The van der Waals surface area contributed by atoms with E-state index in [0.29, 0.717) is 24.8 Å². The summed E-state index contributed by atoms with van der Waals surface area (Å²) in [6.45, 7) is 0.273. The van der Waals surface area contributed by atoms with Gasteiger partial charge in [0.1, 0.15) is 0 Å². The van der Waals surface area contributed by atoms with Crippen molar-refractivity contribution in [2.75, 3.05) is 13.1 Å². The zero-order valence-corrected chi connectivity index (χ0v) is 11.4. The molecule has 2 aliphatic carbocycles. The molecule has 6 heteroatoms. The third kappa shape index (κ3) is 2.32. The molecule has 5 unspecified atom stereocenters. The van der Waals surface area contributed by atoms with Crippen LogP contribution in [0, 0.1) is 23.7 Å². The molecule has 5 atom stereocenters. The van der Waals surface area contributed by atoms with Gasteiger partial charge in [0, 0.05) is 19.1 Å². The summed E-state index contributed by atoms with van der Waals surface area (Å²) in [6.07, 6.45) is -0.571. The van der Waals surface area contributed by atoms with Gasteiger partial charge in [0.05, 0.1) is 11.8 Å². The van der Waals surface area contributed by atoms with Crippen molar-refractivity contribution in [1.82, 2.24) is 4.90 Å². The second-order valence-electron chi connectivity index (χ2n) is 6.60. The van der Waals surface area contributed by atoms with Gasteiger partial charge in [-0.05, 0) is 43.9 Å². The van der Waals surface area contributed by atoms with Gasteiger partial charge in [-0.25, -0.2) is 0 Å². The minimum absolute atomic E-state index is 0.126. The van der Waals surface area contributed by atoms with Crippen LogP contribution < -0.4 is 5.73 Å². The van der Waals surface area contributed by atoms with E-state index in [4.69, 9.17) is 5.73 Å². The minimum Gasteiger partial charge on any atom is -0.342 e. The third-order valence-corrected chi connectivity index (χ3v) is 5.46. The number of piperidine rings is 1. The number of likely N-dealkylation sites (tertiary alicyclic amines) is 1. The van der Waals surface area contributed by atoms with Crippen LogP contribution in [-0.4, -0.2) is 36.1 Å². The lowest BCUT2D eigenvalue weighted by Gasteiger charge is -2.38. The van der Waals surface area contributed by atoms with Gasteiger partial charge in [0.15, 0.2) is 0 Å². The Hall–Kier alpha value is -0.780. The first-order chi connectivity index (χ1) is 9.38. The number of carbonyl (C=O) groups excluding carboxylic acids is 1. The third-order valence-electron chi connectivity index (χ3n) is 5.46. The van der Waals surface area contributed by atoms with Crippen molar-refractivity contribution in [2.24, 2.45) is 29.4 Å². The zero-order chi connectivity index (χ0) is 14.5. The summed E-state index contributed by atoms with van der Waals surface area (Å²) in [6, 6.07) is -0.146. The molecule has 1 amide bonds. The fourth-order valence-corrected chi connectivity index (χ4v) is 4.36. The summed E-state index contributed by atoms with van der Waals surface area (Å²) in [4.78, 5) is 14.0. The number of amides is 1. The van der Waals surface area contributed by atoms with Gasteiger partial charge in [0.25, 0.3) is 0 Å². The lowest BCUT2D eigenvalue weighted by Crippen LogP contribution is -2.51. The largest absolute Gasteiger partial charge is 0.393 e. The second-order valence-corrected chi connectivity index (χ2v) is 6.60. The number of hydrogen-bond donors (Lipinski definition) is 1. The fraction of sp³-hybridized carbons (Fsp3) is 0.929. The highest BCUT2D eigenvalue weighted by molar-refractivity contribution is 5.80. The van der Waals surface area contributed by atoms with Crippen molar-refractivity contribution in [3.05, 3.63) is 0 Å². The van der Waals surface area contributed by atoms with Crippen molar-refractivity contribution in [2.45, 2.75) is 44.3 Å². The Labute approximate surface area is 116 Å². The first kappa shape index (κ1) is 14.2. The Balaban J connectivity index is 1.68. The molecule has 0 aromatic carbocycles. The topological polar surface area (TPSA) is 46.3 Å². The molecule has 1 saturated heterocycles. The molecular weight excluding hydrogens is 269 g/mol.